The first kappa shape index (κ1) is 11.4. The first-order chi connectivity index (χ1) is 8.65. The molecule has 0 N–H and O–H groups in total. The fourth-order valence-electron chi connectivity index (χ4n) is 1.86. The summed E-state index contributed by atoms with van der Waals surface area (Å²) in [4.78, 5) is 11.8. The second kappa shape index (κ2) is 4.19. The summed E-state index contributed by atoms with van der Waals surface area (Å²) in [6.45, 7) is 0. The second-order valence-corrected chi connectivity index (χ2v) is 3.91. The maximum absolute atomic E-state index is 13.6. The number of benzene rings is 1. The molecule has 2 aromatic rings. The van der Waals surface area contributed by atoms with E-state index in [-0.39, 0.29) is 16.7 Å². The van der Waals surface area contributed by atoms with Crippen LogP contribution < -0.4 is 5.43 Å². The summed E-state index contributed by atoms with van der Waals surface area (Å²) in [5.74, 6) is -0.732. The molecule has 1 aromatic heterocycles. The summed E-state index contributed by atoms with van der Waals surface area (Å²) in [7, 11) is 0. The number of hydrogen-bond acceptors (Lipinski definition) is 2. The molecule has 18 heavy (non-hydrogen) atoms. The van der Waals surface area contributed by atoms with Crippen LogP contribution >= 0.6 is 0 Å². The zero-order valence-corrected chi connectivity index (χ0v) is 9.11. The molecule has 0 unspecified atom stereocenters. The lowest BCUT2D eigenvalue weighted by Crippen LogP contribution is -2.06. The predicted molar refractivity (Wildman–Crippen MR) is 61.9 cm³/mol. The van der Waals surface area contributed by atoms with Gasteiger partial charge in [0.2, 0.25) is 0 Å². The normalized spacial score (nSPS) is 16.6. The van der Waals surface area contributed by atoms with Crippen molar-refractivity contribution in [2.75, 3.05) is 0 Å². The highest BCUT2D eigenvalue weighted by Crippen LogP contribution is 2.31. The van der Waals surface area contributed by atoms with Gasteiger partial charge in [-0.1, -0.05) is 0 Å². The van der Waals surface area contributed by atoms with Crippen molar-refractivity contribution in [3.05, 3.63) is 77.4 Å². The van der Waals surface area contributed by atoms with Crippen molar-refractivity contribution in [1.82, 2.24) is 0 Å². The monoisotopic (exact) mass is 245 g/mol. The minimum absolute atomic E-state index is 0.0946. The van der Waals surface area contributed by atoms with Crippen molar-refractivity contribution < 1.29 is 13.2 Å². The van der Waals surface area contributed by atoms with E-state index in [1.165, 1.54) is 6.07 Å². The molecule has 2 nitrogen and oxygen atoms in total. The smallest absolute Gasteiger partial charge is 0.193 e. The molecular weight excluding hydrogens is 238 g/mol. The van der Waals surface area contributed by atoms with Crippen molar-refractivity contribution in [1.29, 1.82) is 0 Å². The lowest BCUT2D eigenvalue weighted by atomic mass is 10.0. The summed E-state index contributed by atoms with van der Waals surface area (Å²) in [6.07, 6.45) is 7.04. The highest BCUT2D eigenvalue weighted by molar-refractivity contribution is 5.77. The van der Waals surface area contributed by atoms with Gasteiger partial charge in [-0.2, -0.15) is 0 Å². The van der Waals surface area contributed by atoms with Crippen molar-refractivity contribution >= 4 is 11.0 Å². The van der Waals surface area contributed by atoms with Gasteiger partial charge in [-0.05, 0) is 31.7 Å². The SMILES string of the molecule is O=c1cc([C]2[CH][CH][CH][CH]2)oc2c(F)cc(F)cc12. The molecule has 1 aliphatic rings. The summed E-state index contributed by atoms with van der Waals surface area (Å²) in [5.41, 5.74) is -0.689. The van der Waals surface area contributed by atoms with Gasteiger partial charge in [0.15, 0.2) is 16.8 Å². The molecule has 3 rings (SSSR count). The Morgan fingerprint density at radius 1 is 1.00 bits per heavy atom. The van der Waals surface area contributed by atoms with E-state index in [1.54, 1.807) is 25.7 Å². The third-order valence-corrected chi connectivity index (χ3v) is 2.70. The van der Waals surface area contributed by atoms with Crippen LogP contribution in [-0.2, 0) is 0 Å². The highest BCUT2D eigenvalue weighted by atomic mass is 19.1. The van der Waals surface area contributed by atoms with E-state index in [1.807, 2.05) is 0 Å². The number of halogens is 2. The van der Waals surface area contributed by atoms with Gasteiger partial charge in [-0.15, -0.1) is 0 Å². The quantitative estimate of drug-likeness (QED) is 0.773. The average Bonchev–Trinajstić information content (AvgIpc) is 2.83. The van der Waals surface area contributed by atoms with E-state index in [0.717, 1.165) is 6.07 Å². The van der Waals surface area contributed by atoms with E-state index < -0.39 is 17.1 Å². The van der Waals surface area contributed by atoms with Crippen molar-refractivity contribution in [3.8, 4) is 0 Å². The fourth-order valence-corrected chi connectivity index (χ4v) is 1.86. The molecular formula is C14H7F2O2. The highest BCUT2D eigenvalue weighted by Gasteiger charge is 2.23. The number of rotatable bonds is 1. The topological polar surface area (TPSA) is 30.2 Å². The molecule has 5 radical (unpaired) electrons. The van der Waals surface area contributed by atoms with Crippen LogP contribution in [0.4, 0.5) is 8.78 Å². The minimum Gasteiger partial charge on any atom is -0.457 e. The Morgan fingerprint density at radius 2 is 1.72 bits per heavy atom. The van der Waals surface area contributed by atoms with Crippen LogP contribution in [0.2, 0.25) is 0 Å². The third-order valence-electron chi connectivity index (χ3n) is 2.70. The van der Waals surface area contributed by atoms with Crippen molar-refractivity contribution in [2.24, 2.45) is 0 Å². The number of fused-ring (bicyclic) bond motifs is 1. The van der Waals surface area contributed by atoms with Crippen molar-refractivity contribution in [2.45, 2.75) is 0 Å². The van der Waals surface area contributed by atoms with E-state index in [0.29, 0.717) is 12.0 Å². The predicted octanol–water partition coefficient (Wildman–Crippen LogP) is 2.82. The van der Waals surface area contributed by atoms with Crippen LogP contribution in [0.5, 0.6) is 0 Å². The second-order valence-electron chi connectivity index (χ2n) is 3.91. The molecule has 0 atom stereocenters. The van der Waals surface area contributed by atoms with Gasteiger partial charge in [-0.3, -0.25) is 4.79 Å². The lowest BCUT2D eigenvalue weighted by molar-refractivity contribution is 0.518. The number of hydrogen-bond donors (Lipinski definition) is 0. The maximum atomic E-state index is 13.6. The largest absolute Gasteiger partial charge is 0.457 e. The first-order valence-corrected chi connectivity index (χ1v) is 5.30. The molecule has 0 aliphatic heterocycles. The Morgan fingerprint density at radius 3 is 2.44 bits per heavy atom. The summed E-state index contributed by atoms with van der Waals surface area (Å²) >= 11 is 0. The van der Waals surface area contributed by atoms with E-state index >= 15 is 0 Å². The van der Waals surface area contributed by atoms with Crippen LogP contribution in [0.25, 0.3) is 11.0 Å². The Kier molecular flexibility index (Phi) is 2.65. The van der Waals surface area contributed by atoms with Gasteiger partial charge >= 0.3 is 0 Å². The standard InChI is InChI=1S/C14H7F2O2/c15-9-5-10-12(17)7-13(8-3-1-2-4-8)18-14(10)11(16)6-9/h1-7H. The fraction of sp³-hybridized carbons (Fsp3) is 0. The van der Waals surface area contributed by atoms with E-state index in [2.05, 4.69) is 0 Å². The molecule has 1 aliphatic carbocycles. The van der Waals surface area contributed by atoms with Gasteiger partial charge in [0, 0.05) is 18.1 Å². The molecule has 1 fully saturated rings. The van der Waals surface area contributed by atoms with Crippen LogP contribution in [-0.4, -0.2) is 0 Å². The maximum Gasteiger partial charge on any atom is 0.193 e. The van der Waals surface area contributed by atoms with E-state index in [4.69, 9.17) is 4.42 Å². The van der Waals surface area contributed by atoms with E-state index in [9.17, 15) is 13.6 Å². The molecule has 89 valence electrons. The Hall–Kier alpha value is -1.71. The van der Waals surface area contributed by atoms with Crippen LogP contribution in [0, 0.1) is 43.2 Å². The minimum atomic E-state index is -0.879. The van der Waals surface area contributed by atoms with Gasteiger partial charge in [-0.25, -0.2) is 8.78 Å². The van der Waals surface area contributed by atoms with Crippen LogP contribution in [0.3, 0.4) is 0 Å². The Bertz CT molecular complexity index is 655. The molecule has 1 heterocycles. The van der Waals surface area contributed by atoms with Crippen LogP contribution in [0.1, 0.15) is 5.76 Å². The molecule has 1 aromatic carbocycles. The third kappa shape index (κ3) is 1.82. The summed E-state index contributed by atoms with van der Waals surface area (Å²) in [5, 5.41) is -0.0946. The van der Waals surface area contributed by atoms with Gasteiger partial charge in [0.1, 0.15) is 11.6 Å². The van der Waals surface area contributed by atoms with Crippen LogP contribution in [0.15, 0.2) is 27.4 Å². The zero-order valence-electron chi connectivity index (χ0n) is 9.11. The van der Waals surface area contributed by atoms with Crippen molar-refractivity contribution in [3.63, 3.8) is 0 Å². The molecule has 1 saturated carbocycles. The molecule has 0 saturated heterocycles. The Labute approximate surface area is 102 Å². The van der Waals surface area contributed by atoms with Gasteiger partial charge < -0.3 is 4.42 Å². The Balaban J connectivity index is 2.23. The average molecular weight is 245 g/mol. The van der Waals surface area contributed by atoms with Gasteiger partial charge in [0.25, 0.3) is 0 Å². The molecule has 0 bridgehead atoms. The lowest BCUT2D eigenvalue weighted by Gasteiger charge is -2.08. The summed E-state index contributed by atoms with van der Waals surface area (Å²) in [6, 6.07) is 2.90. The summed E-state index contributed by atoms with van der Waals surface area (Å²) < 4.78 is 31.9. The van der Waals surface area contributed by atoms with Gasteiger partial charge in [0.05, 0.1) is 5.39 Å². The molecule has 4 heteroatoms. The first-order valence-electron chi connectivity index (χ1n) is 5.30. The zero-order chi connectivity index (χ0) is 12.7. The molecule has 0 spiro atoms. The molecule has 0 amide bonds.